The molecular weight excluding hydrogens is 318 g/mol. The number of morpholine rings is 1. The largest absolute Gasteiger partial charge is 0.375 e. The van der Waals surface area contributed by atoms with Crippen molar-refractivity contribution in [1.82, 2.24) is 10.2 Å². The van der Waals surface area contributed by atoms with Crippen LogP contribution < -0.4 is 5.32 Å². The first-order valence-electron chi connectivity index (χ1n) is 7.96. The maximum atomic E-state index is 13.7. The Bertz CT molecular complexity index is 602. The first kappa shape index (κ1) is 18.3. The van der Waals surface area contributed by atoms with Gasteiger partial charge in [0.2, 0.25) is 5.91 Å². The first-order chi connectivity index (χ1) is 11.3. The Balaban J connectivity index is 2.16. The summed E-state index contributed by atoms with van der Waals surface area (Å²) in [7, 11) is 0. The fraction of sp³-hybridized carbons (Fsp3) is 0.529. The van der Waals surface area contributed by atoms with E-state index in [9.17, 15) is 18.4 Å². The molecule has 24 heavy (non-hydrogen) atoms. The number of hydrogen-bond acceptors (Lipinski definition) is 3. The quantitative estimate of drug-likeness (QED) is 0.912. The second kappa shape index (κ2) is 7.70. The van der Waals surface area contributed by atoms with Crippen molar-refractivity contribution in [2.75, 3.05) is 19.7 Å². The molecule has 1 aromatic rings. The Morgan fingerprint density at radius 2 is 1.92 bits per heavy atom. The molecule has 2 amide bonds. The highest BCUT2D eigenvalue weighted by molar-refractivity contribution is 5.98. The molecule has 1 saturated heterocycles. The number of ether oxygens (including phenoxy) is 1. The van der Waals surface area contributed by atoms with Crippen LogP contribution in [0.15, 0.2) is 18.2 Å². The zero-order valence-corrected chi connectivity index (χ0v) is 14.0. The average Bonchev–Trinajstić information content (AvgIpc) is 2.51. The topological polar surface area (TPSA) is 58.6 Å². The molecule has 0 saturated carbocycles. The lowest BCUT2D eigenvalue weighted by atomic mass is 10.0. The van der Waals surface area contributed by atoms with Crippen LogP contribution in [0.1, 0.15) is 31.1 Å². The van der Waals surface area contributed by atoms with Gasteiger partial charge in [0, 0.05) is 13.1 Å². The van der Waals surface area contributed by atoms with E-state index in [1.165, 1.54) is 6.07 Å². The molecule has 0 spiro atoms. The lowest BCUT2D eigenvalue weighted by Crippen LogP contribution is -2.55. The summed E-state index contributed by atoms with van der Waals surface area (Å²) in [4.78, 5) is 26.6. The van der Waals surface area contributed by atoms with Crippen LogP contribution in [0, 0.1) is 17.6 Å². The molecule has 2 atom stereocenters. The van der Waals surface area contributed by atoms with Gasteiger partial charge in [0.05, 0.1) is 12.7 Å². The summed E-state index contributed by atoms with van der Waals surface area (Å²) in [6.07, 6.45) is -0.0878. The van der Waals surface area contributed by atoms with Gasteiger partial charge >= 0.3 is 0 Å². The molecule has 1 aromatic carbocycles. The molecule has 1 heterocycles. The summed E-state index contributed by atoms with van der Waals surface area (Å²) in [5, 5.41) is 2.48. The maximum Gasteiger partial charge on any atom is 0.257 e. The van der Waals surface area contributed by atoms with Crippen molar-refractivity contribution in [3.8, 4) is 0 Å². The van der Waals surface area contributed by atoms with Gasteiger partial charge in [-0.1, -0.05) is 19.9 Å². The number of halogens is 2. The summed E-state index contributed by atoms with van der Waals surface area (Å²) in [6.45, 7) is 6.67. The lowest BCUT2D eigenvalue weighted by molar-refractivity contribution is -0.141. The predicted molar refractivity (Wildman–Crippen MR) is 84.4 cm³/mol. The number of carbonyl (C=O) groups is 2. The van der Waals surface area contributed by atoms with Gasteiger partial charge in [-0.2, -0.15) is 0 Å². The Kier molecular flexibility index (Phi) is 5.88. The third-order valence-electron chi connectivity index (χ3n) is 3.96. The number of nitrogens with zero attached hydrogens (tertiary/aromatic N) is 1. The van der Waals surface area contributed by atoms with E-state index < -0.39 is 29.1 Å². The van der Waals surface area contributed by atoms with Crippen LogP contribution in [-0.4, -0.2) is 48.6 Å². The van der Waals surface area contributed by atoms with Crippen molar-refractivity contribution < 1.29 is 23.1 Å². The van der Waals surface area contributed by atoms with E-state index in [2.05, 4.69) is 5.32 Å². The Hall–Kier alpha value is -2.02. The minimum atomic E-state index is -0.956. The molecule has 5 nitrogen and oxygen atoms in total. The van der Waals surface area contributed by atoms with E-state index in [1.807, 2.05) is 6.92 Å². The van der Waals surface area contributed by atoms with Crippen molar-refractivity contribution in [3.63, 3.8) is 0 Å². The van der Waals surface area contributed by atoms with Crippen LogP contribution in [0.25, 0.3) is 0 Å². The molecule has 2 unspecified atom stereocenters. The molecule has 2 rings (SSSR count). The van der Waals surface area contributed by atoms with Crippen molar-refractivity contribution in [2.24, 2.45) is 5.92 Å². The third kappa shape index (κ3) is 4.08. The second-order valence-corrected chi connectivity index (χ2v) is 6.26. The molecule has 0 radical (unpaired) electrons. The Morgan fingerprint density at radius 3 is 2.46 bits per heavy atom. The minimum absolute atomic E-state index is 0.0878. The second-order valence-electron chi connectivity index (χ2n) is 6.26. The molecule has 1 aliphatic heterocycles. The van der Waals surface area contributed by atoms with E-state index in [0.29, 0.717) is 19.7 Å². The van der Waals surface area contributed by atoms with Crippen LogP contribution in [0.5, 0.6) is 0 Å². The zero-order valence-electron chi connectivity index (χ0n) is 14.0. The summed E-state index contributed by atoms with van der Waals surface area (Å²) in [5.41, 5.74) is -0.675. The monoisotopic (exact) mass is 340 g/mol. The van der Waals surface area contributed by atoms with Gasteiger partial charge in [0.25, 0.3) is 5.91 Å². The van der Waals surface area contributed by atoms with E-state index in [-0.39, 0.29) is 17.9 Å². The molecule has 0 aromatic heterocycles. The Labute approximate surface area is 140 Å². The van der Waals surface area contributed by atoms with E-state index in [4.69, 9.17) is 4.74 Å². The highest BCUT2D eigenvalue weighted by atomic mass is 19.1. The van der Waals surface area contributed by atoms with Gasteiger partial charge in [0.1, 0.15) is 23.2 Å². The molecule has 1 N–H and O–H groups in total. The minimum Gasteiger partial charge on any atom is -0.375 e. The smallest absolute Gasteiger partial charge is 0.257 e. The normalized spacial score (nSPS) is 19.2. The molecule has 1 aliphatic rings. The molecular formula is C17H22F2N2O3. The first-order valence-corrected chi connectivity index (χ1v) is 7.96. The number of nitrogens with one attached hydrogen (secondary N) is 1. The summed E-state index contributed by atoms with van der Waals surface area (Å²) >= 11 is 0. The number of amides is 2. The van der Waals surface area contributed by atoms with Gasteiger partial charge in [-0.3, -0.25) is 9.59 Å². The fourth-order valence-electron chi connectivity index (χ4n) is 2.66. The fourth-order valence-corrected chi connectivity index (χ4v) is 2.66. The lowest BCUT2D eigenvalue weighted by Gasteiger charge is -2.35. The van der Waals surface area contributed by atoms with E-state index in [0.717, 1.165) is 12.1 Å². The summed E-state index contributed by atoms with van der Waals surface area (Å²) in [6, 6.07) is 2.34. The van der Waals surface area contributed by atoms with Gasteiger partial charge < -0.3 is 15.0 Å². The Morgan fingerprint density at radius 1 is 1.29 bits per heavy atom. The highest BCUT2D eigenvalue weighted by Gasteiger charge is 2.32. The molecule has 0 aliphatic carbocycles. The van der Waals surface area contributed by atoms with Crippen molar-refractivity contribution in [2.45, 2.75) is 32.9 Å². The molecule has 7 heteroatoms. The van der Waals surface area contributed by atoms with Crippen molar-refractivity contribution in [1.29, 1.82) is 0 Å². The van der Waals surface area contributed by atoms with Crippen molar-refractivity contribution in [3.05, 3.63) is 35.4 Å². The molecule has 0 bridgehead atoms. The SMILES string of the molecule is CC1CN(C(=O)C(NC(=O)c2c(F)cccc2F)C(C)C)CCO1. The maximum absolute atomic E-state index is 13.7. The zero-order chi connectivity index (χ0) is 17.9. The predicted octanol–water partition coefficient (Wildman–Crippen LogP) is 1.97. The van der Waals surface area contributed by atoms with E-state index >= 15 is 0 Å². The van der Waals surface area contributed by atoms with Crippen LogP contribution in [0.4, 0.5) is 8.78 Å². The molecule has 1 fully saturated rings. The number of rotatable bonds is 4. The number of hydrogen-bond donors (Lipinski definition) is 1. The van der Waals surface area contributed by atoms with Crippen LogP contribution in [0.2, 0.25) is 0 Å². The van der Waals surface area contributed by atoms with E-state index in [1.54, 1.807) is 18.7 Å². The molecule has 132 valence electrons. The summed E-state index contributed by atoms with van der Waals surface area (Å²) < 4.78 is 32.9. The summed E-state index contributed by atoms with van der Waals surface area (Å²) in [5.74, 6) is -3.34. The van der Waals surface area contributed by atoms with Gasteiger partial charge in [-0.25, -0.2) is 8.78 Å². The van der Waals surface area contributed by atoms with Gasteiger partial charge in [-0.15, -0.1) is 0 Å². The van der Waals surface area contributed by atoms with Crippen LogP contribution in [0.3, 0.4) is 0 Å². The van der Waals surface area contributed by atoms with Gasteiger partial charge in [-0.05, 0) is 25.0 Å². The third-order valence-corrected chi connectivity index (χ3v) is 3.96. The van der Waals surface area contributed by atoms with Crippen molar-refractivity contribution >= 4 is 11.8 Å². The highest BCUT2D eigenvalue weighted by Crippen LogP contribution is 2.15. The van der Waals surface area contributed by atoms with Crippen LogP contribution >= 0.6 is 0 Å². The van der Waals surface area contributed by atoms with Crippen LogP contribution in [-0.2, 0) is 9.53 Å². The standard InChI is InChI=1S/C17H22F2N2O3/c1-10(2)15(17(23)21-7-8-24-11(3)9-21)20-16(22)14-12(18)5-4-6-13(14)19/h4-6,10-11,15H,7-9H2,1-3H3,(H,20,22). The number of carbonyl (C=O) groups excluding carboxylic acids is 2. The number of benzene rings is 1. The van der Waals surface area contributed by atoms with Gasteiger partial charge in [0.15, 0.2) is 0 Å². The average molecular weight is 340 g/mol.